The van der Waals surface area contributed by atoms with E-state index in [9.17, 15) is 14.4 Å². The molecule has 0 bridgehead atoms. The predicted octanol–water partition coefficient (Wildman–Crippen LogP) is 2.42. The van der Waals surface area contributed by atoms with Crippen LogP contribution in [0.2, 0.25) is 10.0 Å². The molecule has 8 heteroatoms. The van der Waals surface area contributed by atoms with Gasteiger partial charge in [0.05, 0.1) is 24.1 Å². The van der Waals surface area contributed by atoms with Crippen molar-refractivity contribution in [3.63, 3.8) is 0 Å². The molecule has 2 fully saturated rings. The molecule has 0 radical (unpaired) electrons. The molecular weight excluding hydrogens is 355 g/mol. The maximum Gasteiger partial charge on any atom is 0.306 e. The molecule has 2 heterocycles. The second-order valence-electron chi connectivity index (χ2n) is 6.06. The van der Waals surface area contributed by atoms with Crippen molar-refractivity contribution in [3.8, 4) is 0 Å². The zero-order chi connectivity index (χ0) is 17.4. The molecule has 1 atom stereocenters. The second-order valence-corrected chi connectivity index (χ2v) is 6.94. The summed E-state index contributed by atoms with van der Waals surface area (Å²) < 4.78 is 0. The molecule has 0 unspecified atom stereocenters. The maximum absolute atomic E-state index is 12.7. The van der Waals surface area contributed by atoms with Crippen LogP contribution >= 0.6 is 23.2 Å². The number of hydrogen-bond acceptors (Lipinski definition) is 4. The number of benzene rings is 1. The van der Waals surface area contributed by atoms with Crippen molar-refractivity contribution < 1.29 is 19.5 Å². The molecule has 2 saturated heterocycles. The largest absolute Gasteiger partial charge is 0.481 e. The lowest BCUT2D eigenvalue weighted by molar-refractivity contribution is -0.143. The summed E-state index contributed by atoms with van der Waals surface area (Å²) in [7, 11) is 0. The average molecular weight is 371 g/mol. The van der Waals surface area contributed by atoms with Gasteiger partial charge in [-0.15, -0.1) is 0 Å². The summed E-state index contributed by atoms with van der Waals surface area (Å²) in [6.45, 7) is 0.982. The van der Waals surface area contributed by atoms with Gasteiger partial charge in [-0.2, -0.15) is 0 Å². The van der Waals surface area contributed by atoms with E-state index < -0.39 is 12.0 Å². The van der Waals surface area contributed by atoms with Crippen molar-refractivity contribution >= 4 is 46.7 Å². The van der Waals surface area contributed by atoms with Gasteiger partial charge in [-0.05, 0) is 44.1 Å². The van der Waals surface area contributed by atoms with Crippen molar-refractivity contribution in [2.75, 3.05) is 18.0 Å². The number of amides is 2. The number of nitrogens with zero attached hydrogens (tertiary/aromatic N) is 2. The zero-order valence-electron chi connectivity index (χ0n) is 12.7. The Morgan fingerprint density at radius 2 is 1.67 bits per heavy atom. The van der Waals surface area contributed by atoms with E-state index >= 15 is 0 Å². The van der Waals surface area contributed by atoms with Crippen LogP contribution in [0.3, 0.4) is 0 Å². The second kappa shape index (κ2) is 6.70. The van der Waals surface area contributed by atoms with Crippen LogP contribution in [-0.2, 0) is 14.4 Å². The topological polar surface area (TPSA) is 77.9 Å². The van der Waals surface area contributed by atoms with Gasteiger partial charge in [0.15, 0.2) is 0 Å². The lowest BCUT2D eigenvalue weighted by Crippen LogP contribution is -2.46. The van der Waals surface area contributed by atoms with Crippen molar-refractivity contribution in [1.82, 2.24) is 4.90 Å². The number of carboxylic acid groups (broad SMARTS) is 1. The highest BCUT2D eigenvalue weighted by Crippen LogP contribution is 2.32. The van der Waals surface area contributed by atoms with E-state index in [1.165, 1.54) is 18.2 Å². The third-order valence-electron chi connectivity index (χ3n) is 4.55. The van der Waals surface area contributed by atoms with Crippen LogP contribution in [0.1, 0.15) is 19.3 Å². The maximum atomic E-state index is 12.7. The fourth-order valence-corrected chi connectivity index (χ4v) is 3.81. The zero-order valence-corrected chi connectivity index (χ0v) is 14.3. The van der Waals surface area contributed by atoms with Crippen LogP contribution in [0.5, 0.6) is 0 Å². The fourth-order valence-electron chi connectivity index (χ4n) is 3.30. The van der Waals surface area contributed by atoms with E-state index in [1.54, 1.807) is 0 Å². The summed E-state index contributed by atoms with van der Waals surface area (Å²) in [5.41, 5.74) is 0.366. The Morgan fingerprint density at radius 1 is 1.08 bits per heavy atom. The number of carboxylic acids is 1. The van der Waals surface area contributed by atoms with Gasteiger partial charge in [0.25, 0.3) is 5.91 Å². The van der Waals surface area contributed by atoms with Crippen LogP contribution in [0.25, 0.3) is 0 Å². The molecule has 1 N–H and O–H groups in total. The number of piperidine rings is 1. The predicted molar refractivity (Wildman–Crippen MR) is 89.3 cm³/mol. The minimum absolute atomic E-state index is 0.0840. The molecule has 0 aliphatic carbocycles. The van der Waals surface area contributed by atoms with Crippen LogP contribution in [-0.4, -0.2) is 46.9 Å². The van der Waals surface area contributed by atoms with E-state index in [0.717, 1.165) is 4.90 Å². The number of likely N-dealkylation sites (tertiary alicyclic amines) is 1. The Bertz CT molecular complexity index is 681. The number of anilines is 1. The molecule has 6 nitrogen and oxygen atoms in total. The first kappa shape index (κ1) is 17.2. The first-order valence-corrected chi connectivity index (χ1v) is 8.42. The highest BCUT2D eigenvalue weighted by molar-refractivity contribution is 6.35. The van der Waals surface area contributed by atoms with E-state index in [4.69, 9.17) is 28.3 Å². The number of halogens is 2. The summed E-state index contributed by atoms with van der Waals surface area (Å²) in [6.07, 6.45) is 1.05. The molecule has 3 rings (SSSR count). The fraction of sp³-hybridized carbons (Fsp3) is 0.438. The third kappa shape index (κ3) is 3.27. The van der Waals surface area contributed by atoms with Gasteiger partial charge in [-0.3, -0.25) is 19.3 Å². The van der Waals surface area contributed by atoms with E-state index in [-0.39, 0.29) is 24.2 Å². The minimum Gasteiger partial charge on any atom is -0.481 e. The Hall–Kier alpha value is -1.63. The number of imide groups is 1. The van der Waals surface area contributed by atoms with Crippen LogP contribution in [0.15, 0.2) is 18.2 Å². The van der Waals surface area contributed by atoms with Gasteiger partial charge in [0.1, 0.15) is 0 Å². The molecule has 0 spiro atoms. The molecule has 24 heavy (non-hydrogen) atoms. The lowest BCUT2D eigenvalue weighted by Gasteiger charge is -2.33. The molecule has 2 amide bonds. The van der Waals surface area contributed by atoms with Crippen LogP contribution in [0.4, 0.5) is 5.69 Å². The smallest absolute Gasteiger partial charge is 0.306 e. The number of carbonyl (C=O) groups is 3. The van der Waals surface area contributed by atoms with E-state index in [0.29, 0.717) is 41.7 Å². The molecule has 0 aromatic heterocycles. The van der Waals surface area contributed by atoms with Crippen molar-refractivity contribution in [1.29, 1.82) is 0 Å². The molecule has 2 aliphatic heterocycles. The van der Waals surface area contributed by atoms with E-state index in [2.05, 4.69) is 0 Å². The van der Waals surface area contributed by atoms with Crippen molar-refractivity contribution in [2.24, 2.45) is 5.92 Å². The lowest BCUT2D eigenvalue weighted by atomic mass is 9.96. The molecule has 1 aromatic rings. The van der Waals surface area contributed by atoms with Crippen molar-refractivity contribution in [2.45, 2.75) is 25.3 Å². The summed E-state index contributed by atoms with van der Waals surface area (Å²) in [6, 6.07) is 4.04. The Balaban J connectivity index is 1.76. The average Bonchev–Trinajstić information content (AvgIpc) is 2.81. The first-order valence-electron chi connectivity index (χ1n) is 7.66. The number of aliphatic carboxylic acids is 1. The Kier molecular flexibility index (Phi) is 4.80. The molecule has 1 aromatic carbocycles. The van der Waals surface area contributed by atoms with Gasteiger partial charge in [-0.1, -0.05) is 23.2 Å². The SMILES string of the molecule is O=C(O)C1CCN([C@@H]2CC(=O)N(c3cc(Cl)cc(Cl)c3)C2=O)CC1. The summed E-state index contributed by atoms with van der Waals surface area (Å²) >= 11 is 11.9. The standard InChI is InChI=1S/C16H16Cl2N2O4/c17-10-5-11(18)7-12(6-10)20-14(21)8-13(15(20)22)19-3-1-9(2-4-19)16(23)24/h5-7,9,13H,1-4,8H2,(H,23,24)/t13-/m1/s1. The summed E-state index contributed by atoms with van der Waals surface area (Å²) in [4.78, 5) is 39.1. The molecule has 0 saturated carbocycles. The highest BCUT2D eigenvalue weighted by Gasteiger charge is 2.44. The van der Waals surface area contributed by atoms with E-state index in [1.807, 2.05) is 4.90 Å². The Labute approximate surface area is 148 Å². The minimum atomic E-state index is -0.807. The van der Waals surface area contributed by atoms with Gasteiger partial charge in [0.2, 0.25) is 5.91 Å². The molecule has 2 aliphatic rings. The molecule has 128 valence electrons. The normalized spacial score (nSPS) is 23.1. The third-order valence-corrected chi connectivity index (χ3v) is 4.98. The van der Waals surface area contributed by atoms with Gasteiger partial charge < -0.3 is 5.11 Å². The highest BCUT2D eigenvalue weighted by atomic mass is 35.5. The number of rotatable bonds is 3. The van der Waals surface area contributed by atoms with Gasteiger partial charge in [-0.25, -0.2) is 4.90 Å². The summed E-state index contributed by atoms with van der Waals surface area (Å²) in [5.74, 6) is -1.80. The summed E-state index contributed by atoms with van der Waals surface area (Å²) in [5, 5.41) is 9.76. The number of hydrogen-bond donors (Lipinski definition) is 1. The monoisotopic (exact) mass is 370 g/mol. The first-order chi connectivity index (χ1) is 11.4. The molecular formula is C16H16Cl2N2O4. The van der Waals surface area contributed by atoms with Crippen LogP contribution < -0.4 is 4.90 Å². The van der Waals surface area contributed by atoms with Crippen molar-refractivity contribution in [3.05, 3.63) is 28.2 Å². The van der Waals surface area contributed by atoms with Crippen LogP contribution in [0, 0.1) is 5.92 Å². The quantitative estimate of drug-likeness (QED) is 0.826. The Morgan fingerprint density at radius 3 is 2.21 bits per heavy atom. The van der Waals surface area contributed by atoms with Gasteiger partial charge >= 0.3 is 5.97 Å². The van der Waals surface area contributed by atoms with Gasteiger partial charge in [0, 0.05) is 10.0 Å². The number of carbonyl (C=O) groups excluding carboxylic acids is 2.